The Hall–Kier alpha value is -6.21. The first-order valence-electron chi connectivity index (χ1n) is 22.2. The summed E-state index contributed by atoms with van der Waals surface area (Å²) in [6.07, 6.45) is 7.43. The maximum atomic E-state index is 15.8. The van der Waals surface area contributed by atoms with Crippen LogP contribution in [0.25, 0.3) is 21.8 Å². The molecule has 18 nitrogen and oxygen atoms in total. The highest BCUT2D eigenvalue weighted by atomic mass is 32.2. The Morgan fingerprint density at radius 3 is 2.41 bits per heavy atom. The number of nitriles is 1. The first-order chi connectivity index (χ1) is 31.7. The summed E-state index contributed by atoms with van der Waals surface area (Å²) < 4.78 is 75.4. The zero-order chi connectivity index (χ0) is 46.1. The van der Waals surface area contributed by atoms with Gasteiger partial charge in [-0.25, -0.2) is 18.6 Å². The number of hydrogen-bond donors (Lipinski definition) is 2. The van der Waals surface area contributed by atoms with Crippen molar-refractivity contribution in [1.82, 2.24) is 33.9 Å². The molecule has 346 valence electrons. The molecular formula is C45H49F2N11O7S. The number of urea groups is 1. The minimum Gasteiger partial charge on any atom is -0.453 e. The van der Waals surface area contributed by atoms with Gasteiger partial charge in [-0.05, 0) is 106 Å². The molecule has 1 aliphatic carbocycles. The van der Waals surface area contributed by atoms with Gasteiger partial charge >= 0.3 is 16.2 Å². The van der Waals surface area contributed by atoms with Crippen LogP contribution < -0.4 is 30.1 Å². The second-order valence-electron chi connectivity index (χ2n) is 18.1. The lowest BCUT2D eigenvalue weighted by molar-refractivity contribution is -0.120. The normalized spacial score (nSPS) is 21.1. The molecule has 66 heavy (non-hydrogen) atoms. The molecule has 5 aliphatic rings. The number of benzene rings is 3. The number of aromatic nitrogens is 4. The van der Waals surface area contributed by atoms with E-state index in [1.807, 2.05) is 6.07 Å². The van der Waals surface area contributed by atoms with Gasteiger partial charge in [0.05, 0.1) is 40.2 Å². The summed E-state index contributed by atoms with van der Waals surface area (Å²) in [5.41, 5.74) is 0.987. The number of methoxy groups -OCH3 is 1. The van der Waals surface area contributed by atoms with Crippen LogP contribution in [0.2, 0.25) is 0 Å². The quantitative estimate of drug-likeness (QED) is 0.187. The number of ether oxygens (including phenoxy) is 2. The second-order valence-corrected chi connectivity index (χ2v) is 19.8. The third kappa shape index (κ3) is 7.88. The number of nitrogens with one attached hydrogen (secondary N) is 2. The Morgan fingerprint density at radius 2 is 1.70 bits per heavy atom. The third-order valence-corrected chi connectivity index (χ3v) is 15.8. The van der Waals surface area contributed by atoms with Crippen molar-refractivity contribution < 1.29 is 36.3 Å². The number of amides is 3. The standard InChI is InChI=1S/C45H49F2N11O7S/c1-53-38-21-39(35(47)20-32(38)42(51-53)57-16-10-40(59)50-44(57)61)55-13-7-27(8-14-55)54-17-11-45(12-18-54)22-28(23-45)58-26-49-36-5-3-29(19-31(36)43(58)60)65-41-33(24-48)37(6-4-34(41)46)52-66(62,63)56-15-9-30(25-56)64-2/h3-6,19-21,26-28,30,52H,7-18,22-23,25H2,1-2H3,(H,50,59,61)/t30-/m1/s1. The molecule has 0 bridgehead atoms. The summed E-state index contributed by atoms with van der Waals surface area (Å²) in [6, 6.07) is 11.6. The SMILES string of the molecule is CO[C@@H]1CCN(S(=O)(=O)Nc2ccc(F)c(Oc3ccc4ncn(C5CC6(CCN(C7CCN(c8cc9c(cc8F)c(N8CCC(=O)NC8=O)nn9C)CC7)CC6)C5)c(=O)c4c3)c2C#N)C1. The summed E-state index contributed by atoms with van der Waals surface area (Å²) >= 11 is 0. The predicted molar refractivity (Wildman–Crippen MR) is 240 cm³/mol. The summed E-state index contributed by atoms with van der Waals surface area (Å²) in [7, 11) is -0.818. The Kier molecular flexibility index (Phi) is 11.2. The Bertz CT molecular complexity index is 2990. The van der Waals surface area contributed by atoms with Gasteiger partial charge in [0.15, 0.2) is 17.4 Å². The molecule has 5 fully saturated rings. The summed E-state index contributed by atoms with van der Waals surface area (Å²) in [5.74, 6) is -1.68. The van der Waals surface area contributed by atoms with E-state index in [1.54, 1.807) is 34.8 Å². The lowest BCUT2D eigenvalue weighted by atomic mass is 9.60. The van der Waals surface area contributed by atoms with E-state index < -0.39 is 27.8 Å². The fraction of sp³-hybridized carbons (Fsp3) is 0.467. The van der Waals surface area contributed by atoms with Crippen molar-refractivity contribution in [3.05, 3.63) is 76.3 Å². The Balaban J connectivity index is 0.760. The van der Waals surface area contributed by atoms with E-state index in [-0.39, 0.29) is 83.3 Å². The number of carbonyl (C=O) groups is 2. The molecule has 1 saturated carbocycles. The van der Waals surface area contributed by atoms with Gasteiger partial charge in [0.25, 0.3) is 5.56 Å². The number of halogens is 2. The van der Waals surface area contributed by atoms with Crippen molar-refractivity contribution in [3.8, 4) is 17.6 Å². The summed E-state index contributed by atoms with van der Waals surface area (Å²) in [6.45, 7) is 3.80. The summed E-state index contributed by atoms with van der Waals surface area (Å²) in [4.78, 5) is 48.8. The molecule has 10 rings (SSSR count). The molecular weight excluding hydrogens is 877 g/mol. The maximum absolute atomic E-state index is 15.8. The molecule has 6 heterocycles. The van der Waals surface area contributed by atoms with Crippen LogP contribution in [0, 0.1) is 28.4 Å². The third-order valence-electron chi connectivity index (χ3n) is 14.3. The van der Waals surface area contributed by atoms with Crippen LogP contribution in [0.15, 0.2) is 53.6 Å². The van der Waals surface area contributed by atoms with Crippen LogP contribution in [0.3, 0.4) is 0 Å². The Morgan fingerprint density at radius 1 is 0.924 bits per heavy atom. The number of rotatable bonds is 10. The van der Waals surface area contributed by atoms with Gasteiger partial charge in [-0.1, -0.05) is 0 Å². The number of aryl methyl sites for hydroxylation is 1. The molecule has 21 heteroatoms. The molecule has 1 spiro atoms. The number of piperidine rings is 2. The molecule has 3 aromatic carbocycles. The fourth-order valence-corrected chi connectivity index (χ4v) is 11.8. The van der Waals surface area contributed by atoms with Gasteiger partial charge in [-0.3, -0.25) is 33.8 Å². The van der Waals surface area contributed by atoms with Gasteiger partial charge in [-0.15, -0.1) is 0 Å². The van der Waals surface area contributed by atoms with Crippen molar-refractivity contribution in [2.45, 2.75) is 69.6 Å². The number of likely N-dealkylation sites (tertiary alicyclic amines) is 1. The molecule has 4 aliphatic heterocycles. The molecule has 0 radical (unpaired) electrons. The lowest BCUT2D eigenvalue weighted by Gasteiger charge is -2.54. The van der Waals surface area contributed by atoms with E-state index in [1.165, 1.54) is 40.6 Å². The number of hydrogen-bond acceptors (Lipinski definition) is 12. The number of nitrogens with zero attached hydrogens (tertiary/aromatic N) is 9. The minimum atomic E-state index is -4.09. The monoisotopic (exact) mass is 925 g/mol. The van der Waals surface area contributed by atoms with Crippen LogP contribution in [0.4, 0.5) is 30.8 Å². The van der Waals surface area contributed by atoms with Crippen LogP contribution in [-0.2, 0) is 26.8 Å². The fourth-order valence-electron chi connectivity index (χ4n) is 10.6. The first-order valence-corrected chi connectivity index (χ1v) is 23.7. The van der Waals surface area contributed by atoms with Crippen LogP contribution in [-0.4, -0.2) is 114 Å². The highest BCUT2D eigenvalue weighted by Gasteiger charge is 2.48. The average molecular weight is 926 g/mol. The zero-order valence-corrected chi connectivity index (χ0v) is 37.3. The van der Waals surface area contributed by atoms with Gasteiger partial charge in [0, 0.05) is 70.8 Å². The van der Waals surface area contributed by atoms with E-state index in [0.29, 0.717) is 53.5 Å². The second kappa shape index (κ2) is 16.9. The van der Waals surface area contributed by atoms with Crippen molar-refractivity contribution in [1.29, 1.82) is 5.26 Å². The molecule has 4 saturated heterocycles. The van der Waals surface area contributed by atoms with Gasteiger partial charge in [0.2, 0.25) is 5.91 Å². The van der Waals surface area contributed by atoms with E-state index in [0.717, 1.165) is 57.7 Å². The summed E-state index contributed by atoms with van der Waals surface area (Å²) in [5, 5.41) is 17.6. The molecule has 3 amide bonds. The first kappa shape index (κ1) is 43.7. The number of imide groups is 1. The molecule has 1 atom stereocenters. The largest absolute Gasteiger partial charge is 0.453 e. The van der Waals surface area contributed by atoms with E-state index in [2.05, 4.69) is 29.9 Å². The van der Waals surface area contributed by atoms with E-state index >= 15 is 8.78 Å². The molecule has 0 unspecified atom stereocenters. The van der Waals surface area contributed by atoms with E-state index in [4.69, 9.17) is 9.47 Å². The maximum Gasteiger partial charge on any atom is 0.329 e. The molecule has 5 aromatic rings. The predicted octanol–water partition coefficient (Wildman–Crippen LogP) is 5.14. The van der Waals surface area contributed by atoms with Crippen LogP contribution >= 0.6 is 0 Å². The highest BCUT2D eigenvalue weighted by Crippen LogP contribution is 2.55. The number of anilines is 3. The lowest BCUT2D eigenvalue weighted by Crippen LogP contribution is -2.53. The van der Waals surface area contributed by atoms with Gasteiger partial charge in [0.1, 0.15) is 23.2 Å². The van der Waals surface area contributed by atoms with Gasteiger partial charge in [-0.2, -0.15) is 23.1 Å². The zero-order valence-electron chi connectivity index (χ0n) is 36.5. The number of carbonyl (C=O) groups excluding carboxylic acids is 2. The van der Waals surface area contributed by atoms with Gasteiger partial charge < -0.3 is 19.3 Å². The molecule has 2 aromatic heterocycles. The van der Waals surface area contributed by atoms with Crippen molar-refractivity contribution in [2.75, 3.05) is 67.4 Å². The minimum absolute atomic E-state index is 0.0418. The van der Waals surface area contributed by atoms with Crippen LogP contribution in [0.5, 0.6) is 11.5 Å². The van der Waals surface area contributed by atoms with Crippen molar-refractivity contribution in [2.24, 2.45) is 12.5 Å². The molecule has 2 N–H and O–H groups in total. The van der Waals surface area contributed by atoms with Crippen LogP contribution in [0.1, 0.15) is 63.0 Å². The Labute approximate surface area is 378 Å². The smallest absolute Gasteiger partial charge is 0.329 e. The van der Waals surface area contributed by atoms with E-state index in [9.17, 15) is 28.1 Å². The average Bonchev–Trinajstić information content (AvgIpc) is 3.92. The van der Waals surface area contributed by atoms with Crippen molar-refractivity contribution in [3.63, 3.8) is 0 Å². The topological polar surface area (TPSA) is 200 Å². The van der Waals surface area contributed by atoms with Crippen molar-refractivity contribution >= 4 is 61.1 Å². The highest BCUT2D eigenvalue weighted by molar-refractivity contribution is 7.90. The number of fused-ring (bicyclic) bond motifs is 2.